The molecule has 1 aromatic rings. The first kappa shape index (κ1) is 17.8. The number of hydrogen-bond acceptors (Lipinski definition) is 4. The predicted octanol–water partition coefficient (Wildman–Crippen LogP) is 3.94. The van der Waals surface area contributed by atoms with E-state index in [0.717, 1.165) is 56.9 Å². The highest BCUT2D eigenvalue weighted by atomic mass is 16.6. The monoisotopic (exact) mass is 294 g/mol. The molecule has 0 heterocycles. The number of benzene rings is 1. The van der Waals surface area contributed by atoms with Crippen LogP contribution in [0.15, 0.2) is 24.3 Å². The molecule has 0 aliphatic carbocycles. The fourth-order valence-corrected chi connectivity index (χ4v) is 2.03. The van der Waals surface area contributed by atoms with Crippen molar-refractivity contribution in [3.8, 4) is 5.75 Å². The van der Waals surface area contributed by atoms with Gasteiger partial charge in [-0.1, -0.05) is 39.3 Å². The summed E-state index contributed by atoms with van der Waals surface area (Å²) in [5, 5.41) is 0. The van der Waals surface area contributed by atoms with Gasteiger partial charge in [0, 0.05) is 6.54 Å². The van der Waals surface area contributed by atoms with Gasteiger partial charge in [0.15, 0.2) is 0 Å². The molecule has 0 saturated carbocycles. The van der Waals surface area contributed by atoms with E-state index in [2.05, 4.69) is 31.2 Å². The van der Waals surface area contributed by atoms with Crippen LogP contribution in [-0.2, 0) is 4.84 Å². The second-order valence-corrected chi connectivity index (χ2v) is 5.03. The van der Waals surface area contributed by atoms with E-state index in [4.69, 9.17) is 9.57 Å². The summed E-state index contributed by atoms with van der Waals surface area (Å²) < 4.78 is 5.76. The van der Waals surface area contributed by atoms with E-state index in [0.29, 0.717) is 6.61 Å². The van der Waals surface area contributed by atoms with Crippen molar-refractivity contribution in [3.05, 3.63) is 24.3 Å². The van der Waals surface area contributed by atoms with E-state index in [9.17, 15) is 0 Å². The van der Waals surface area contributed by atoms with E-state index >= 15 is 0 Å². The average molecular weight is 294 g/mol. The molecule has 0 radical (unpaired) electrons. The zero-order chi connectivity index (χ0) is 15.3. The van der Waals surface area contributed by atoms with E-state index in [-0.39, 0.29) is 0 Å². The fourth-order valence-electron chi connectivity index (χ4n) is 2.03. The van der Waals surface area contributed by atoms with E-state index in [1.54, 1.807) is 0 Å². The van der Waals surface area contributed by atoms with Crippen LogP contribution in [0.25, 0.3) is 0 Å². The number of para-hydroxylation sites is 2. The number of rotatable bonds is 12. The summed E-state index contributed by atoms with van der Waals surface area (Å²) in [4.78, 5) is 7.94. The van der Waals surface area contributed by atoms with Crippen molar-refractivity contribution in [2.75, 3.05) is 38.3 Å². The van der Waals surface area contributed by atoms with Gasteiger partial charge in [0.05, 0.1) is 13.2 Å². The largest absolute Gasteiger partial charge is 0.491 e. The van der Waals surface area contributed by atoms with Crippen molar-refractivity contribution in [1.82, 2.24) is 4.90 Å². The van der Waals surface area contributed by atoms with Gasteiger partial charge >= 0.3 is 0 Å². The zero-order valence-corrected chi connectivity index (χ0v) is 13.7. The first-order valence-electron chi connectivity index (χ1n) is 8.13. The van der Waals surface area contributed by atoms with Crippen LogP contribution in [0.1, 0.15) is 40.0 Å². The van der Waals surface area contributed by atoms with Gasteiger partial charge in [0.25, 0.3) is 0 Å². The number of nitrogens with one attached hydrogen (secondary N) is 1. The molecule has 0 aromatic heterocycles. The van der Waals surface area contributed by atoms with Gasteiger partial charge in [0.2, 0.25) is 0 Å². The minimum Gasteiger partial charge on any atom is -0.491 e. The molecule has 0 atom stereocenters. The van der Waals surface area contributed by atoms with Crippen LogP contribution >= 0.6 is 0 Å². The molecule has 1 aromatic carbocycles. The number of anilines is 1. The van der Waals surface area contributed by atoms with Crippen LogP contribution in [0.3, 0.4) is 0 Å². The van der Waals surface area contributed by atoms with Crippen molar-refractivity contribution >= 4 is 5.69 Å². The molecule has 0 saturated heterocycles. The molecule has 0 aliphatic heterocycles. The van der Waals surface area contributed by atoms with E-state index in [1.807, 2.05) is 24.3 Å². The maximum atomic E-state index is 5.76. The van der Waals surface area contributed by atoms with Crippen LogP contribution in [0, 0.1) is 0 Å². The Morgan fingerprint density at radius 1 is 1.00 bits per heavy atom. The Balaban J connectivity index is 2.28. The summed E-state index contributed by atoms with van der Waals surface area (Å²) in [7, 11) is 0. The summed E-state index contributed by atoms with van der Waals surface area (Å²) in [5.74, 6) is 0.856. The van der Waals surface area contributed by atoms with Crippen molar-refractivity contribution in [3.63, 3.8) is 0 Å². The Morgan fingerprint density at radius 3 is 2.48 bits per heavy atom. The molecule has 1 N–H and O–H groups in total. The lowest BCUT2D eigenvalue weighted by Gasteiger charge is -2.18. The molecule has 4 heteroatoms. The van der Waals surface area contributed by atoms with Crippen molar-refractivity contribution in [1.29, 1.82) is 0 Å². The number of nitrogens with zero attached hydrogens (tertiary/aromatic N) is 1. The highest BCUT2D eigenvalue weighted by molar-refractivity contribution is 5.54. The van der Waals surface area contributed by atoms with Gasteiger partial charge < -0.3 is 9.64 Å². The van der Waals surface area contributed by atoms with Gasteiger partial charge in [-0.15, -0.1) is 0 Å². The molecule has 0 bridgehead atoms. The Labute approximate surface area is 129 Å². The third-order valence-electron chi connectivity index (χ3n) is 3.44. The van der Waals surface area contributed by atoms with Crippen molar-refractivity contribution in [2.45, 2.75) is 40.0 Å². The number of hydrogen-bond donors (Lipinski definition) is 1. The van der Waals surface area contributed by atoms with Crippen LogP contribution < -0.4 is 10.2 Å². The number of ether oxygens (including phenoxy) is 1. The Morgan fingerprint density at radius 2 is 1.76 bits per heavy atom. The summed E-state index contributed by atoms with van der Waals surface area (Å²) >= 11 is 0. The summed E-state index contributed by atoms with van der Waals surface area (Å²) in [6.45, 7) is 11.2. The van der Waals surface area contributed by atoms with Crippen molar-refractivity contribution in [2.24, 2.45) is 0 Å². The molecule has 1 rings (SSSR count). The van der Waals surface area contributed by atoms with Gasteiger partial charge in [-0.25, -0.2) is 0 Å². The van der Waals surface area contributed by atoms with Crippen molar-refractivity contribution < 1.29 is 9.57 Å². The lowest BCUT2D eigenvalue weighted by Crippen LogP contribution is -2.25. The third kappa shape index (κ3) is 7.34. The first-order chi connectivity index (χ1) is 10.3. The van der Waals surface area contributed by atoms with Crippen LogP contribution in [-0.4, -0.2) is 37.7 Å². The Kier molecular flexibility index (Phi) is 9.66. The lowest BCUT2D eigenvalue weighted by atomic mass is 10.3. The second-order valence-electron chi connectivity index (χ2n) is 5.03. The smallest absolute Gasteiger partial charge is 0.144 e. The highest BCUT2D eigenvalue weighted by Gasteiger charge is 2.03. The molecule has 4 nitrogen and oxygen atoms in total. The quantitative estimate of drug-likeness (QED) is 0.467. The lowest BCUT2D eigenvalue weighted by molar-refractivity contribution is 0.170. The van der Waals surface area contributed by atoms with Crippen LogP contribution in [0.4, 0.5) is 5.69 Å². The maximum Gasteiger partial charge on any atom is 0.144 e. The minimum atomic E-state index is 0.694. The molecular formula is C17H30N2O2. The Hall–Kier alpha value is -1.26. The third-order valence-corrected chi connectivity index (χ3v) is 3.44. The molecular weight excluding hydrogens is 264 g/mol. The normalized spacial score (nSPS) is 10.9. The molecule has 120 valence electrons. The predicted molar refractivity (Wildman–Crippen MR) is 88.8 cm³/mol. The van der Waals surface area contributed by atoms with Gasteiger partial charge in [0.1, 0.15) is 11.4 Å². The topological polar surface area (TPSA) is 33.7 Å². The first-order valence-corrected chi connectivity index (χ1v) is 8.13. The molecule has 21 heavy (non-hydrogen) atoms. The second kappa shape index (κ2) is 11.4. The minimum absolute atomic E-state index is 0.694. The van der Waals surface area contributed by atoms with E-state index in [1.165, 1.54) is 0 Å². The zero-order valence-electron chi connectivity index (χ0n) is 13.7. The maximum absolute atomic E-state index is 5.76. The molecule has 0 amide bonds. The van der Waals surface area contributed by atoms with E-state index < -0.39 is 0 Å². The highest BCUT2D eigenvalue weighted by Crippen LogP contribution is 2.23. The SMILES string of the molecule is CCCCOc1ccccc1NOCCCN(CC)CC. The molecule has 0 aliphatic rings. The number of unbranched alkanes of at least 4 members (excludes halogenated alkanes) is 1. The standard InChI is InChI=1S/C17H30N2O2/c1-4-7-14-20-17-12-9-8-11-16(17)18-21-15-10-13-19(5-2)6-3/h8-9,11-12,18H,4-7,10,13-15H2,1-3H3. The van der Waals surface area contributed by atoms with Gasteiger partial charge in [-0.2, -0.15) is 0 Å². The van der Waals surface area contributed by atoms with Gasteiger partial charge in [-0.3, -0.25) is 10.3 Å². The molecule has 0 spiro atoms. The van der Waals surface area contributed by atoms with Crippen LogP contribution in [0.5, 0.6) is 5.75 Å². The van der Waals surface area contributed by atoms with Crippen LogP contribution in [0.2, 0.25) is 0 Å². The summed E-state index contributed by atoms with van der Waals surface area (Å²) in [5.41, 5.74) is 3.91. The summed E-state index contributed by atoms with van der Waals surface area (Å²) in [6.07, 6.45) is 3.23. The molecule has 0 unspecified atom stereocenters. The Bertz CT molecular complexity index is 368. The average Bonchev–Trinajstić information content (AvgIpc) is 2.52. The van der Waals surface area contributed by atoms with Gasteiger partial charge in [-0.05, 0) is 38.1 Å². The summed E-state index contributed by atoms with van der Waals surface area (Å²) in [6, 6.07) is 7.91. The fraction of sp³-hybridized carbons (Fsp3) is 0.647. The molecule has 0 fully saturated rings.